The molecule has 0 radical (unpaired) electrons. The standard InChI is InChI=1S/C20H25N3O5S/c1-14-7-5-8-19(16(14)3)22(29(4,27)28)12-6-9-20(24)21-18-13-17(23(25)26)11-10-15(18)2/h5,7-8,10-11,13H,6,9,12H2,1-4H3,(H,21,24). The Bertz CT molecular complexity index is 1030. The number of nitro benzene ring substituents is 1. The summed E-state index contributed by atoms with van der Waals surface area (Å²) in [4.78, 5) is 22.7. The van der Waals surface area contributed by atoms with E-state index in [4.69, 9.17) is 0 Å². The number of rotatable bonds is 8. The molecule has 156 valence electrons. The monoisotopic (exact) mass is 419 g/mol. The lowest BCUT2D eigenvalue weighted by atomic mass is 10.1. The number of amides is 1. The largest absolute Gasteiger partial charge is 0.326 e. The average Bonchev–Trinajstić information content (AvgIpc) is 2.62. The summed E-state index contributed by atoms with van der Waals surface area (Å²) in [7, 11) is -3.51. The van der Waals surface area contributed by atoms with E-state index in [9.17, 15) is 23.3 Å². The molecule has 0 saturated carbocycles. The van der Waals surface area contributed by atoms with Crippen molar-refractivity contribution in [2.45, 2.75) is 33.6 Å². The smallest absolute Gasteiger partial charge is 0.271 e. The first kappa shape index (κ1) is 22.4. The fraction of sp³-hybridized carbons (Fsp3) is 0.350. The first-order valence-corrected chi connectivity index (χ1v) is 10.9. The van der Waals surface area contributed by atoms with Gasteiger partial charge in [0.25, 0.3) is 5.69 Å². The predicted molar refractivity (Wildman–Crippen MR) is 114 cm³/mol. The van der Waals surface area contributed by atoms with E-state index in [0.29, 0.717) is 23.4 Å². The molecule has 0 aliphatic heterocycles. The lowest BCUT2D eigenvalue weighted by Crippen LogP contribution is -2.32. The quantitative estimate of drug-likeness (QED) is 0.518. The Morgan fingerprint density at radius 3 is 2.45 bits per heavy atom. The van der Waals surface area contributed by atoms with E-state index >= 15 is 0 Å². The van der Waals surface area contributed by atoms with Crippen molar-refractivity contribution in [2.24, 2.45) is 0 Å². The summed E-state index contributed by atoms with van der Waals surface area (Å²) in [6.45, 7) is 5.67. The van der Waals surface area contributed by atoms with Gasteiger partial charge in [-0.2, -0.15) is 0 Å². The fourth-order valence-corrected chi connectivity index (χ4v) is 3.94. The van der Waals surface area contributed by atoms with Gasteiger partial charge >= 0.3 is 0 Å². The van der Waals surface area contributed by atoms with Crippen LogP contribution in [0.5, 0.6) is 0 Å². The fourth-order valence-electron chi connectivity index (χ4n) is 2.92. The van der Waals surface area contributed by atoms with E-state index in [-0.39, 0.29) is 24.6 Å². The summed E-state index contributed by atoms with van der Waals surface area (Å²) in [6.07, 6.45) is 1.53. The zero-order valence-electron chi connectivity index (χ0n) is 16.9. The molecule has 2 aromatic carbocycles. The van der Waals surface area contributed by atoms with Crippen molar-refractivity contribution in [3.63, 3.8) is 0 Å². The van der Waals surface area contributed by atoms with E-state index < -0.39 is 14.9 Å². The number of sulfonamides is 1. The maximum absolute atomic E-state index is 12.3. The number of nitro groups is 1. The second kappa shape index (κ2) is 9.04. The molecule has 0 heterocycles. The number of anilines is 2. The van der Waals surface area contributed by atoms with Gasteiger partial charge in [-0.25, -0.2) is 8.42 Å². The number of aryl methyl sites for hydroxylation is 2. The number of hydrogen-bond acceptors (Lipinski definition) is 5. The molecule has 0 unspecified atom stereocenters. The van der Waals surface area contributed by atoms with Gasteiger partial charge in [0, 0.05) is 25.1 Å². The van der Waals surface area contributed by atoms with Crippen molar-refractivity contribution < 1.29 is 18.1 Å². The molecule has 9 heteroatoms. The Morgan fingerprint density at radius 2 is 1.83 bits per heavy atom. The Morgan fingerprint density at radius 1 is 1.14 bits per heavy atom. The normalized spacial score (nSPS) is 11.2. The van der Waals surface area contributed by atoms with Crippen LogP contribution in [0, 0.1) is 30.9 Å². The molecular weight excluding hydrogens is 394 g/mol. The summed E-state index contributed by atoms with van der Waals surface area (Å²) >= 11 is 0. The van der Waals surface area contributed by atoms with E-state index in [2.05, 4.69) is 5.32 Å². The second-order valence-corrected chi connectivity index (χ2v) is 8.87. The zero-order valence-corrected chi connectivity index (χ0v) is 17.7. The molecule has 0 atom stereocenters. The molecule has 8 nitrogen and oxygen atoms in total. The SMILES string of the molecule is Cc1ccc([N+](=O)[O-])cc1NC(=O)CCCN(c1cccc(C)c1C)S(C)(=O)=O. The third-order valence-electron chi connectivity index (χ3n) is 4.72. The zero-order chi connectivity index (χ0) is 21.8. The van der Waals surface area contributed by atoms with Crippen molar-refractivity contribution in [2.75, 3.05) is 22.4 Å². The van der Waals surface area contributed by atoms with Gasteiger partial charge in [-0.1, -0.05) is 18.2 Å². The van der Waals surface area contributed by atoms with Crippen LogP contribution in [0.3, 0.4) is 0 Å². The summed E-state index contributed by atoms with van der Waals surface area (Å²) in [6, 6.07) is 9.71. The van der Waals surface area contributed by atoms with Gasteiger partial charge in [-0.15, -0.1) is 0 Å². The number of hydrogen-bond donors (Lipinski definition) is 1. The molecule has 1 N–H and O–H groups in total. The van der Waals surface area contributed by atoms with Crippen LogP contribution in [-0.2, 0) is 14.8 Å². The van der Waals surface area contributed by atoms with Crippen molar-refractivity contribution in [3.05, 3.63) is 63.2 Å². The van der Waals surface area contributed by atoms with Crippen LogP contribution >= 0.6 is 0 Å². The highest BCUT2D eigenvalue weighted by molar-refractivity contribution is 7.92. The maximum Gasteiger partial charge on any atom is 0.271 e. The lowest BCUT2D eigenvalue weighted by molar-refractivity contribution is -0.384. The molecule has 0 aliphatic rings. The van der Waals surface area contributed by atoms with E-state index in [1.165, 1.54) is 16.4 Å². The Hall–Kier alpha value is -2.94. The molecule has 0 aromatic heterocycles. The highest BCUT2D eigenvalue weighted by Gasteiger charge is 2.20. The molecule has 0 spiro atoms. The predicted octanol–water partition coefficient (Wildman–Crippen LogP) is 3.70. The molecule has 0 aliphatic carbocycles. The number of non-ortho nitro benzene ring substituents is 1. The second-order valence-electron chi connectivity index (χ2n) is 6.96. The summed E-state index contributed by atoms with van der Waals surface area (Å²) in [5, 5.41) is 13.6. The Balaban J connectivity index is 2.07. The van der Waals surface area contributed by atoms with Gasteiger partial charge in [0.05, 0.1) is 22.6 Å². The van der Waals surface area contributed by atoms with Crippen LogP contribution < -0.4 is 9.62 Å². The summed E-state index contributed by atoms with van der Waals surface area (Å²) in [5.74, 6) is -0.331. The van der Waals surface area contributed by atoms with E-state index in [0.717, 1.165) is 17.4 Å². The van der Waals surface area contributed by atoms with Gasteiger partial charge in [-0.05, 0) is 49.9 Å². The lowest BCUT2D eigenvalue weighted by Gasteiger charge is -2.25. The highest BCUT2D eigenvalue weighted by atomic mass is 32.2. The molecule has 2 rings (SSSR count). The molecule has 29 heavy (non-hydrogen) atoms. The molecule has 0 fully saturated rings. The van der Waals surface area contributed by atoms with Gasteiger partial charge in [-0.3, -0.25) is 19.2 Å². The third-order valence-corrected chi connectivity index (χ3v) is 5.90. The molecule has 0 bridgehead atoms. The van der Waals surface area contributed by atoms with Crippen molar-refractivity contribution >= 4 is 33.0 Å². The molecule has 1 amide bonds. The van der Waals surface area contributed by atoms with Crippen LogP contribution in [0.1, 0.15) is 29.5 Å². The summed E-state index contributed by atoms with van der Waals surface area (Å²) < 4.78 is 25.8. The van der Waals surface area contributed by atoms with Crippen LogP contribution in [0.4, 0.5) is 17.1 Å². The number of nitrogens with zero attached hydrogens (tertiary/aromatic N) is 2. The minimum Gasteiger partial charge on any atom is -0.326 e. The first-order valence-electron chi connectivity index (χ1n) is 9.09. The summed E-state index contributed by atoms with van der Waals surface area (Å²) in [5.41, 5.74) is 3.42. The number of nitrogens with one attached hydrogen (secondary N) is 1. The van der Waals surface area contributed by atoms with Crippen LogP contribution in [-0.4, -0.2) is 32.0 Å². The van der Waals surface area contributed by atoms with Gasteiger partial charge in [0.1, 0.15) is 0 Å². The Kier molecular flexibility index (Phi) is 6.97. The number of benzene rings is 2. The van der Waals surface area contributed by atoms with Crippen molar-refractivity contribution in [1.82, 2.24) is 0 Å². The minimum absolute atomic E-state index is 0.0824. The van der Waals surface area contributed by atoms with Gasteiger partial charge in [0.2, 0.25) is 15.9 Å². The number of carbonyl (C=O) groups excluding carboxylic acids is 1. The third kappa shape index (κ3) is 5.77. The van der Waals surface area contributed by atoms with Gasteiger partial charge in [0.15, 0.2) is 0 Å². The average molecular weight is 420 g/mol. The minimum atomic E-state index is -3.51. The van der Waals surface area contributed by atoms with Crippen LogP contribution in [0.2, 0.25) is 0 Å². The topological polar surface area (TPSA) is 110 Å². The van der Waals surface area contributed by atoms with Crippen LogP contribution in [0.25, 0.3) is 0 Å². The van der Waals surface area contributed by atoms with Gasteiger partial charge < -0.3 is 5.32 Å². The van der Waals surface area contributed by atoms with E-state index in [1.54, 1.807) is 25.1 Å². The Labute approximate surface area is 170 Å². The van der Waals surface area contributed by atoms with Crippen molar-refractivity contribution in [3.8, 4) is 0 Å². The first-order chi connectivity index (χ1) is 13.5. The molecular formula is C20H25N3O5S. The van der Waals surface area contributed by atoms with Crippen molar-refractivity contribution in [1.29, 1.82) is 0 Å². The molecule has 0 saturated heterocycles. The number of carbonyl (C=O) groups is 1. The van der Waals surface area contributed by atoms with E-state index in [1.807, 2.05) is 19.9 Å². The van der Waals surface area contributed by atoms with Crippen LogP contribution in [0.15, 0.2) is 36.4 Å². The molecule has 2 aromatic rings. The highest BCUT2D eigenvalue weighted by Crippen LogP contribution is 2.26. The maximum atomic E-state index is 12.3.